The summed E-state index contributed by atoms with van der Waals surface area (Å²) >= 11 is 0. The molecule has 0 spiro atoms. The fourth-order valence-electron chi connectivity index (χ4n) is 5.79. The third-order valence-corrected chi connectivity index (χ3v) is 8.65. The molecule has 0 bridgehead atoms. The van der Waals surface area contributed by atoms with E-state index in [2.05, 4.69) is 43.6 Å². The van der Waals surface area contributed by atoms with E-state index in [1.807, 2.05) is 26.0 Å². The first-order valence-electron chi connectivity index (χ1n) is 17.0. The van der Waals surface area contributed by atoms with Gasteiger partial charge in [-0.3, -0.25) is 28.9 Å². The van der Waals surface area contributed by atoms with E-state index in [-0.39, 0.29) is 49.1 Å². The monoisotopic (exact) mass is 662 g/mol. The number of ether oxygens (including phenoxy) is 1. The highest BCUT2D eigenvalue weighted by atomic mass is 16.5. The molecular formula is C36H50N6O6. The lowest BCUT2D eigenvalue weighted by molar-refractivity contribution is -0.132. The average Bonchev–Trinajstić information content (AvgIpc) is 3.07. The van der Waals surface area contributed by atoms with Gasteiger partial charge in [-0.25, -0.2) is 0 Å². The normalized spacial score (nSPS) is 23.7. The first-order chi connectivity index (χ1) is 23.0. The molecule has 2 heterocycles. The van der Waals surface area contributed by atoms with Crippen LogP contribution in [0, 0.1) is 5.92 Å². The van der Waals surface area contributed by atoms with Crippen LogP contribution < -0.4 is 31.3 Å². The fourth-order valence-corrected chi connectivity index (χ4v) is 5.79. The van der Waals surface area contributed by atoms with Crippen LogP contribution >= 0.6 is 0 Å². The second-order valence-electron chi connectivity index (χ2n) is 13.2. The molecule has 4 rings (SSSR count). The highest BCUT2D eigenvalue weighted by Gasteiger charge is 2.29. The van der Waals surface area contributed by atoms with Gasteiger partial charge in [-0.15, -0.1) is 0 Å². The first kappa shape index (κ1) is 36.4. The zero-order valence-electron chi connectivity index (χ0n) is 28.5. The maximum absolute atomic E-state index is 13.5. The smallest absolute Gasteiger partial charge is 0.255 e. The van der Waals surface area contributed by atoms with Crippen molar-refractivity contribution in [3.8, 4) is 5.75 Å². The number of nitrogens with zero attached hydrogens (tertiary/aromatic N) is 1. The van der Waals surface area contributed by atoms with Crippen LogP contribution in [0.1, 0.15) is 81.3 Å². The predicted molar refractivity (Wildman–Crippen MR) is 182 cm³/mol. The molecule has 2 aliphatic rings. The molecule has 12 nitrogen and oxygen atoms in total. The van der Waals surface area contributed by atoms with Gasteiger partial charge in [-0.2, -0.15) is 0 Å². The van der Waals surface area contributed by atoms with Crippen LogP contribution in [0.25, 0.3) is 0 Å². The lowest BCUT2D eigenvalue weighted by Gasteiger charge is -2.26. The minimum Gasteiger partial charge on any atom is -0.491 e. The van der Waals surface area contributed by atoms with Gasteiger partial charge in [0.2, 0.25) is 23.6 Å². The molecule has 5 amide bonds. The van der Waals surface area contributed by atoms with Crippen molar-refractivity contribution < 1.29 is 28.7 Å². The number of likely N-dealkylation sites (tertiary alicyclic amines) is 1. The highest BCUT2D eigenvalue weighted by Crippen LogP contribution is 2.19. The number of carbonyl (C=O) groups is 5. The topological polar surface area (TPSA) is 158 Å². The maximum atomic E-state index is 13.5. The summed E-state index contributed by atoms with van der Waals surface area (Å²) < 4.78 is 5.94. The van der Waals surface area contributed by atoms with Crippen LogP contribution in [0.3, 0.4) is 0 Å². The van der Waals surface area contributed by atoms with E-state index in [1.165, 1.54) is 31.7 Å². The predicted octanol–water partition coefficient (Wildman–Crippen LogP) is 2.41. The van der Waals surface area contributed by atoms with Crippen molar-refractivity contribution >= 4 is 29.5 Å². The van der Waals surface area contributed by atoms with Crippen molar-refractivity contribution in [2.75, 3.05) is 19.7 Å². The molecule has 0 unspecified atom stereocenters. The Kier molecular flexibility index (Phi) is 13.4. The Morgan fingerprint density at radius 1 is 0.875 bits per heavy atom. The quantitative estimate of drug-likeness (QED) is 0.318. The largest absolute Gasteiger partial charge is 0.491 e. The molecule has 2 aromatic rings. The van der Waals surface area contributed by atoms with E-state index >= 15 is 0 Å². The molecule has 1 fully saturated rings. The highest BCUT2D eigenvalue weighted by molar-refractivity contribution is 6.00. The number of fused-ring (bicyclic) bond motifs is 1. The summed E-state index contributed by atoms with van der Waals surface area (Å²) in [5.41, 5.74) is 2.34. The number of para-hydroxylation sites is 1. The van der Waals surface area contributed by atoms with Crippen molar-refractivity contribution in [1.82, 2.24) is 31.5 Å². The molecule has 12 heteroatoms. The van der Waals surface area contributed by atoms with Crippen LogP contribution in [0.4, 0.5) is 0 Å². The number of hydrogen-bond donors (Lipinski definition) is 5. The number of amides is 5. The van der Waals surface area contributed by atoms with Crippen molar-refractivity contribution in [3.05, 3.63) is 65.2 Å². The zero-order valence-corrected chi connectivity index (χ0v) is 28.5. The number of rotatable bonds is 6. The Balaban J connectivity index is 1.48. The zero-order chi connectivity index (χ0) is 34.6. The number of piperidine rings is 1. The molecule has 260 valence electrons. The lowest BCUT2D eigenvalue weighted by atomic mass is 10.0. The Morgan fingerprint density at radius 3 is 2.27 bits per heavy atom. The number of carbonyl (C=O) groups excluding carboxylic acids is 5. The van der Waals surface area contributed by atoms with Gasteiger partial charge < -0.3 is 31.3 Å². The Bertz CT molecular complexity index is 1420. The third-order valence-electron chi connectivity index (χ3n) is 8.65. The van der Waals surface area contributed by atoms with E-state index in [1.54, 1.807) is 31.2 Å². The summed E-state index contributed by atoms with van der Waals surface area (Å²) in [4.78, 5) is 68.3. The molecule has 4 atom stereocenters. The first-order valence-corrected chi connectivity index (χ1v) is 17.0. The summed E-state index contributed by atoms with van der Waals surface area (Å²) in [7, 11) is 0. The fraction of sp³-hybridized carbons (Fsp3) is 0.528. The molecule has 0 aliphatic carbocycles. The Hall–Kier alpha value is -4.45. The summed E-state index contributed by atoms with van der Waals surface area (Å²) in [5.74, 6) is -2.30. The summed E-state index contributed by atoms with van der Waals surface area (Å²) in [6.45, 7) is 10.3. The molecule has 0 aromatic heterocycles. The van der Waals surface area contributed by atoms with E-state index in [0.29, 0.717) is 0 Å². The second-order valence-corrected chi connectivity index (χ2v) is 13.2. The van der Waals surface area contributed by atoms with Gasteiger partial charge in [0.15, 0.2) is 0 Å². The lowest BCUT2D eigenvalue weighted by Crippen LogP contribution is -2.56. The number of nitrogens with one attached hydrogen (secondary N) is 5. The molecule has 5 N–H and O–H groups in total. The van der Waals surface area contributed by atoms with Gasteiger partial charge in [-0.05, 0) is 75.4 Å². The van der Waals surface area contributed by atoms with Gasteiger partial charge in [0.1, 0.15) is 30.5 Å². The Morgan fingerprint density at radius 2 is 1.56 bits per heavy atom. The summed E-state index contributed by atoms with van der Waals surface area (Å²) in [6, 6.07) is 11.5. The standard InChI is InChI=1S/C36H50N6O6/c1-23(2)32-36(47)38-24(3)22-48-30-11-7-6-10-28(30)34(45)40-29(16-17-31(43)39-25(4)33(44)41-32)35(46)37-20-26-12-14-27(15-13-26)21-42-18-8-5-9-19-42/h6-7,10-15,23-25,29,32H,5,8-9,16-22H2,1-4H3,(H,37,46)(H,38,47)(H,39,43)(H,40,45)(H,41,44)/t24-,25-,29-,32+/m0/s1. The third kappa shape index (κ3) is 10.8. The minimum absolute atomic E-state index is 0.0103. The SMILES string of the molecule is CC(C)[C@H]1NC(=O)[C@H](C)NC(=O)CC[C@@H](C(=O)NCc2ccc(CN3CCCCC3)cc2)NC(=O)c2ccccc2OC[C@H](C)NC1=O. The van der Waals surface area contributed by atoms with E-state index in [9.17, 15) is 24.0 Å². The van der Waals surface area contributed by atoms with E-state index in [4.69, 9.17) is 4.74 Å². The molecule has 2 aromatic carbocycles. The molecular weight excluding hydrogens is 612 g/mol. The number of benzene rings is 2. The van der Waals surface area contributed by atoms with Crippen molar-refractivity contribution in [2.45, 2.75) is 97.1 Å². The van der Waals surface area contributed by atoms with Crippen LogP contribution in [-0.4, -0.2) is 78.3 Å². The molecule has 48 heavy (non-hydrogen) atoms. The minimum atomic E-state index is -1.04. The van der Waals surface area contributed by atoms with Crippen LogP contribution in [0.15, 0.2) is 48.5 Å². The summed E-state index contributed by atoms with van der Waals surface area (Å²) in [5, 5.41) is 13.9. The van der Waals surface area contributed by atoms with E-state index < -0.39 is 47.8 Å². The maximum Gasteiger partial charge on any atom is 0.255 e. The van der Waals surface area contributed by atoms with E-state index in [0.717, 1.165) is 25.2 Å². The molecule has 0 radical (unpaired) electrons. The summed E-state index contributed by atoms with van der Waals surface area (Å²) in [6.07, 6.45) is 3.60. The average molecular weight is 663 g/mol. The Labute approximate surface area is 283 Å². The van der Waals surface area contributed by atoms with Gasteiger partial charge >= 0.3 is 0 Å². The van der Waals surface area contributed by atoms with Crippen molar-refractivity contribution in [1.29, 1.82) is 0 Å². The van der Waals surface area contributed by atoms with Gasteiger partial charge in [0, 0.05) is 19.5 Å². The number of hydrogen-bond acceptors (Lipinski definition) is 7. The van der Waals surface area contributed by atoms with Crippen LogP contribution in [0.2, 0.25) is 0 Å². The molecule has 2 aliphatic heterocycles. The van der Waals surface area contributed by atoms with Gasteiger partial charge in [0.05, 0.1) is 11.6 Å². The van der Waals surface area contributed by atoms with Gasteiger partial charge in [-0.1, -0.05) is 56.7 Å². The second kappa shape index (κ2) is 17.6. The molecule has 0 saturated carbocycles. The molecule has 1 saturated heterocycles. The van der Waals surface area contributed by atoms with Crippen LogP contribution in [-0.2, 0) is 32.3 Å². The van der Waals surface area contributed by atoms with Crippen molar-refractivity contribution in [3.63, 3.8) is 0 Å². The van der Waals surface area contributed by atoms with Crippen LogP contribution in [0.5, 0.6) is 5.75 Å². The van der Waals surface area contributed by atoms with Gasteiger partial charge in [0.25, 0.3) is 5.91 Å². The van der Waals surface area contributed by atoms with Crippen molar-refractivity contribution in [2.24, 2.45) is 5.92 Å².